The van der Waals surface area contributed by atoms with Crippen LogP contribution in [0.1, 0.15) is 28.5 Å². The first-order valence-electron chi connectivity index (χ1n) is 10.9. The number of aliphatic hydroxyl groups is 2. The molecule has 1 amide bonds. The number of nitrogens with zero attached hydrogens (tertiary/aromatic N) is 1. The fourth-order valence-electron chi connectivity index (χ4n) is 3.63. The van der Waals surface area contributed by atoms with Crippen molar-refractivity contribution in [2.75, 3.05) is 31.2 Å². The van der Waals surface area contributed by atoms with Crippen molar-refractivity contribution in [2.45, 2.75) is 25.2 Å². The van der Waals surface area contributed by atoms with Crippen LogP contribution in [0.5, 0.6) is 28.1 Å². The van der Waals surface area contributed by atoms with E-state index in [0.717, 1.165) is 5.56 Å². The number of rotatable bonds is 10. The Morgan fingerprint density at radius 2 is 1.70 bits per heavy atom. The van der Waals surface area contributed by atoms with Crippen molar-refractivity contribution < 1.29 is 45.3 Å². The van der Waals surface area contributed by atoms with Crippen LogP contribution in [0.15, 0.2) is 24.3 Å². The lowest BCUT2D eigenvalue weighted by atomic mass is 9.99. The molecule has 11 N–H and O–H groups in total. The van der Waals surface area contributed by atoms with Gasteiger partial charge in [-0.15, -0.1) is 0 Å². The molecule has 3 aromatic rings. The van der Waals surface area contributed by atoms with Gasteiger partial charge in [-0.05, 0) is 37.6 Å². The lowest BCUT2D eigenvalue weighted by molar-refractivity contribution is -0.185. The molecule has 1 atom stereocenters. The Labute approximate surface area is 215 Å². The van der Waals surface area contributed by atoms with Crippen LogP contribution in [-0.2, 0) is 21.7 Å². The summed E-state index contributed by atoms with van der Waals surface area (Å²) in [5, 5.41) is 74.5. The smallest absolute Gasteiger partial charge is 0.294 e. The van der Waals surface area contributed by atoms with Gasteiger partial charge in [0.25, 0.3) is 11.7 Å². The lowest BCUT2D eigenvalue weighted by Crippen LogP contribution is -2.40. The van der Waals surface area contributed by atoms with Crippen molar-refractivity contribution in [3.8, 4) is 28.1 Å². The summed E-state index contributed by atoms with van der Waals surface area (Å²) in [6.07, 6.45) is -0.183. The van der Waals surface area contributed by atoms with E-state index in [4.69, 9.17) is 10.5 Å². The SMILES string of the molecule is COC(CNCCc1ccc(NC(=O)C(O)(O)c2nc(N)sc2O)cc1)c1c(C)c(O)c(O)c(O)c1O. The standard InChI is InChI=1S/C23H28N4O9S/c1-10-14(16(29)18(31)17(30)15(10)28)13(36-2)9-25-8-7-11-3-5-12(6-4-11)26-21(33)23(34,35)19-20(32)37-22(24)27-19/h3-6,13,25,28-32,34-35H,7-9H2,1-2H3,(H2,24,27)(H,26,33). The number of carbonyl (C=O) groups is 1. The first-order chi connectivity index (χ1) is 17.4. The number of hydrogen-bond donors (Lipinski definition) is 10. The van der Waals surface area contributed by atoms with E-state index in [1.807, 2.05) is 0 Å². The monoisotopic (exact) mass is 536 g/mol. The molecule has 0 aliphatic rings. The van der Waals surface area contributed by atoms with Crippen molar-refractivity contribution >= 4 is 28.1 Å². The largest absolute Gasteiger partial charge is 0.504 e. The van der Waals surface area contributed by atoms with Crippen LogP contribution in [0.25, 0.3) is 0 Å². The maximum Gasteiger partial charge on any atom is 0.294 e. The van der Waals surface area contributed by atoms with Gasteiger partial charge >= 0.3 is 0 Å². The highest BCUT2D eigenvalue weighted by Crippen LogP contribution is 2.49. The molecule has 37 heavy (non-hydrogen) atoms. The average Bonchev–Trinajstić information content (AvgIpc) is 3.22. The number of amides is 1. The van der Waals surface area contributed by atoms with E-state index in [-0.39, 0.29) is 28.5 Å². The number of benzene rings is 2. The van der Waals surface area contributed by atoms with Gasteiger partial charge in [0.1, 0.15) is 0 Å². The summed E-state index contributed by atoms with van der Waals surface area (Å²) in [6.45, 7) is 2.16. The van der Waals surface area contributed by atoms with Crippen molar-refractivity contribution in [3.05, 3.63) is 46.6 Å². The summed E-state index contributed by atoms with van der Waals surface area (Å²) in [7, 11) is 1.40. The van der Waals surface area contributed by atoms with Crippen LogP contribution in [0.4, 0.5) is 10.8 Å². The van der Waals surface area contributed by atoms with Gasteiger partial charge in [-0.2, -0.15) is 0 Å². The minimum absolute atomic E-state index is 0.131. The summed E-state index contributed by atoms with van der Waals surface area (Å²) in [6, 6.07) is 6.54. The highest BCUT2D eigenvalue weighted by Gasteiger charge is 2.41. The van der Waals surface area contributed by atoms with E-state index in [9.17, 15) is 40.5 Å². The molecule has 1 heterocycles. The van der Waals surface area contributed by atoms with E-state index in [1.54, 1.807) is 24.3 Å². The number of ether oxygens (including phenoxy) is 1. The number of phenols is 4. The van der Waals surface area contributed by atoms with E-state index in [1.165, 1.54) is 14.0 Å². The predicted octanol–water partition coefficient (Wildman–Crippen LogP) is 0.858. The molecule has 0 aliphatic heterocycles. The van der Waals surface area contributed by atoms with Crippen molar-refractivity contribution in [3.63, 3.8) is 0 Å². The van der Waals surface area contributed by atoms with Gasteiger partial charge in [-0.1, -0.05) is 23.5 Å². The molecule has 0 bridgehead atoms. The zero-order valence-electron chi connectivity index (χ0n) is 19.9. The number of nitrogens with two attached hydrogens (primary N) is 1. The topological polar surface area (TPSA) is 231 Å². The molecule has 3 rings (SSSR count). The fourth-order valence-corrected chi connectivity index (χ4v) is 4.25. The Balaban J connectivity index is 1.56. The molecule has 0 spiro atoms. The summed E-state index contributed by atoms with van der Waals surface area (Å²) in [4.78, 5) is 15.9. The minimum Gasteiger partial charge on any atom is -0.504 e. The van der Waals surface area contributed by atoms with Gasteiger partial charge in [0.15, 0.2) is 22.3 Å². The second-order valence-electron chi connectivity index (χ2n) is 8.14. The highest BCUT2D eigenvalue weighted by molar-refractivity contribution is 7.17. The summed E-state index contributed by atoms with van der Waals surface area (Å²) in [5.41, 5.74) is 6.22. The highest BCUT2D eigenvalue weighted by atomic mass is 32.1. The quantitative estimate of drug-likeness (QED) is 0.0752. The Hall–Kier alpha value is -3.82. The number of carbonyl (C=O) groups excluding carboxylic acids is 1. The van der Waals surface area contributed by atoms with Crippen LogP contribution < -0.4 is 16.4 Å². The average molecular weight is 537 g/mol. The Morgan fingerprint density at radius 1 is 1.08 bits per heavy atom. The van der Waals surface area contributed by atoms with Gasteiger partial charge in [-0.3, -0.25) is 4.79 Å². The third kappa shape index (κ3) is 5.79. The fraction of sp³-hybridized carbons (Fsp3) is 0.304. The molecule has 2 aromatic carbocycles. The summed E-state index contributed by atoms with van der Waals surface area (Å²) >= 11 is 0.600. The molecule has 13 nitrogen and oxygen atoms in total. The minimum atomic E-state index is -3.09. The molecular weight excluding hydrogens is 508 g/mol. The van der Waals surface area contributed by atoms with Crippen LogP contribution in [0.3, 0.4) is 0 Å². The van der Waals surface area contributed by atoms with E-state index in [0.29, 0.717) is 24.3 Å². The Morgan fingerprint density at radius 3 is 2.27 bits per heavy atom. The van der Waals surface area contributed by atoms with Gasteiger partial charge in [0, 0.05) is 30.5 Å². The third-order valence-corrected chi connectivity index (χ3v) is 6.39. The summed E-state index contributed by atoms with van der Waals surface area (Å²) < 4.78 is 5.39. The molecule has 0 saturated carbocycles. The zero-order valence-corrected chi connectivity index (χ0v) is 20.7. The normalized spacial score (nSPS) is 12.4. The number of aromatic nitrogens is 1. The second kappa shape index (κ2) is 11.1. The molecule has 0 aliphatic carbocycles. The van der Waals surface area contributed by atoms with Crippen LogP contribution in [0, 0.1) is 6.92 Å². The molecular formula is C23H28N4O9S. The van der Waals surface area contributed by atoms with Crippen LogP contribution >= 0.6 is 11.3 Å². The van der Waals surface area contributed by atoms with E-state index < -0.39 is 51.6 Å². The first kappa shape index (κ1) is 27.8. The number of anilines is 2. The summed E-state index contributed by atoms with van der Waals surface area (Å²) in [5.74, 6) is -7.08. The van der Waals surface area contributed by atoms with Gasteiger partial charge < -0.3 is 56.8 Å². The number of nitrogen functional groups attached to an aromatic ring is 1. The number of methoxy groups -OCH3 is 1. The first-order valence-corrected chi connectivity index (χ1v) is 11.7. The number of nitrogens with one attached hydrogen (secondary N) is 2. The lowest BCUT2D eigenvalue weighted by Gasteiger charge is -2.21. The second-order valence-corrected chi connectivity index (χ2v) is 9.15. The number of aromatic hydroxyl groups is 5. The Bertz CT molecular complexity index is 1250. The molecule has 0 radical (unpaired) electrons. The maximum absolute atomic E-state index is 12.3. The Kier molecular flexibility index (Phi) is 8.30. The van der Waals surface area contributed by atoms with Gasteiger partial charge in [-0.25, -0.2) is 4.98 Å². The number of thiazole rings is 1. The molecule has 0 saturated heterocycles. The maximum atomic E-state index is 12.3. The zero-order chi connectivity index (χ0) is 27.5. The van der Waals surface area contributed by atoms with Crippen molar-refractivity contribution in [2.24, 2.45) is 0 Å². The van der Waals surface area contributed by atoms with Crippen LogP contribution in [0.2, 0.25) is 0 Å². The van der Waals surface area contributed by atoms with Crippen molar-refractivity contribution in [1.29, 1.82) is 0 Å². The molecule has 1 unspecified atom stereocenters. The molecule has 14 heteroatoms. The van der Waals surface area contributed by atoms with Gasteiger partial charge in [0.05, 0.1) is 6.10 Å². The molecule has 0 fully saturated rings. The van der Waals surface area contributed by atoms with Crippen molar-refractivity contribution in [1.82, 2.24) is 10.3 Å². The predicted molar refractivity (Wildman–Crippen MR) is 134 cm³/mol. The molecule has 1 aromatic heterocycles. The molecule has 200 valence electrons. The third-order valence-electron chi connectivity index (χ3n) is 5.70. The number of hydrogen-bond acceptors (Lipinski definition) is 13. The van der Waals surface area contributed by atoms with E-state index in [2.05, 4.69) is 15.6 Å². The van der Waals surface area contributed by atoms with Crippen LogP contribution in [-0.4, -0.2) is 66.8 Å². The van der Waals surface area contributed by atoms with E-state index >= 15 is 0 Å². The number of phenolic OH excluding ortho intramolecular Hbond substituents is 4. The van der Waals surface area contributed by atoms with Gasteiger partial charge in [0.2, 0.25) is 16.6 Å².